The number of benzene rings is 1. The van der Waals surface area contributed by atoms with E-state index in [2.05, 4.69) is 33.4 Å². The van der Waals surface area contributed by atoms with Crippen LogP contribution in [0.1, 0.15) is 39.2 Å². The van der Waals surface area contributed by atoms with Gasteiger partial charge in [0.05, 0.1) is 0 Å². The fourth-order valence-electron chi connectivity index (χ4n) is 1.84. The normalized spacial score (nSPS) is 14.0. The van der Waals surface area contributed by atoms with E-state index in [0.29, 0.717) is 0 Å². The van der Waals surface area contributed by atoms with Crippen molar-refractivity contribution < 1.29 is 9.50 Å². The predicted octanol–water partition coefficient (Wildman–Crippen LogP) is 5.48. The van der Waals surface area contributed by atoms with Gasteiger partial charge in [-0.3, -0.25) is 0 Å². The molecular formula is C18H23FO. The van der Waals surface area contributed by atoms with E-state index in [9.17, 15) is 4.39 Å². The Kier molecular flexibility index (Phi) is 5.75. The number of halogens is 1. The van der Waals surface area contributed by atoms with Gasteiger partial charge in [-0.1, -0.05) is 42.9 Å². The zero-order chi connectivity index (χ0) is 15.2. The summed E-state index contributed by atoms with van der Waals surface area (Å²) in [6, 6.07) is 4.38. The van der Waals surface area contributed by atoms with Crippen LogP contribution < -0.4 is 0 Å². The van der Waals surface area contributed by atoms with Gasteiger partial charge in [0.1, 0.15) is 0 Å². The van der Waals surface area contributed by atoms with E-state index in [1.165, 1.54) is 17.7 Å². The number of phenolic OH excluding ortho intramolecular Hbond substituents is 1. The molecule has 0 fully saturated rings. The molecule has 1 nitrogen and oxygen atoms in total. The third-order valence-electron chi connectivity index (χ3n) is 3.33. The van der Waals surface area contributed by atoms with Gasteiger partial charge in [0.25, 0.3) is 0 Å². The molecule has 0 aliphatic carbocycles. The summed E-state index contributed by atoms with van der Waals surface area (Å²) in [4.78, 5) is 0. The van der Waals surface area contributed by atoms with Gasteiger partial charge in [-0.25, -0.2) is 4.39 Å². The molecule has 2 heteroatoms. The molecule has 1 atom stereocenters. The summed E-state index contributed by atoms with van der Waals surface area (Å²) in [7, 11) is 0. The predicted molar refractivity (Wildman–Crippen MR) is 84.1 cm³/mol. The standard InChI is InChI=1S/C18H23FO/c1-5-18(4,11-6-7-14(2)3)12-10-15-8-9-17(20)16(19)13-15/h5,7-10,12-13,20H,1,6,11H2,2-4H3/b12-10+/t18-/m1/s1. The first kappa shape index (κ1) is 16.2. The second-order valence-electron chi connectivity index (χ2n) is 5.57. The van der Waals surface area contributed by atoms with Crippen molar-refractivity contribution in [3.8, 4) is 5.75 Å². The van der Waals surface area contributed by atoms with Crippen molar-refractivity contribution in [1.29, 1.82) is 0 Å². The Morgan fingerprint density at radius 2 is 2.10 bits per heavy atom. The molecule has 0 unspecified atom stereocenters. The Hall–Kier alpha value is -1.83. The highest BCUT2D eigenvalue weighted by Gasteiger charge is 2.15. The van der Waals surface area contributed by atoms with Crippen LogP contribution in [0.3, 0.4) is 0 Å². The molecule has 0 bridgehead atoms. The minimum absolute atomic E-state index is 0.125. The number of aromatic hydroxyl groups is 1. The lowest BCUT2D eigenvalue weighted by Crippen LogP contribution is -2.08. The summed E-state index contributed by atoms with van der Waals surface area (Å²) >= 11 is 0. The van der Waals surface area contributed by atoms with Crippen LogP contribution in [0.4, 0.5) is 4.39 Å². The van der Waals surface area contributed by atoms with E-state index in [0.717, 1.165) is 18.4 Å². The second kappa shape index (κ2) is 7.09. The van der Waals surface area contributed by atoms with Crippen molar-refractivity contribution >= 4 is 6.08 Å². The molecule has 0 heterocycles. The van der Waals surface area contributed by atoms with E-state index in [-0.39, 0.29) is 11.2 Å². The molecular weight excluding hydrogens is 251 g/mol. The minimum atomic E-state index is -0.600. The molecule has 108 valence electrons. The lowest BCUT2D eigenvalue weighted by atomic mass is 9.84. The van der Waals surface area contributed by atoms with Crippen molar-refractivity contribution in [1.82, 2.24) is 0 Å². The molecule has 0 aliphatic heterocycles. The highest BCUT2D eigenvalue weighted by molar-refractivity contribution is 5.52. The first-order valence-corrected chi connectivity index (χ1v) is 6.81. The van der Waals surface area contributed by atoms with E-state index < -0.39 is 5.82 Å². The summed E-state index contributed by atoms with van der Waals surface area (Å²) in [5.41, 5.74) is 1.91. The third-order valence-corrected chi connectivity index (χ3v) is 3.33. The Morgan fingerprint density at radius 3 is 2.65 bits per heavy atom. The maximum Gasteiger partial charge on any atom is 0.165 e. The summed E-state index contributed by atoms with van der Waals surface area (Å²) in [5.74, 6) is -0.922. The number of hydrogen-bond acceptors (Lipinski definition) is 1. The van der Waals surface area contributed by atoms with Crippen LogP contribution in [0.25, 0.3) is 6.08 Å². The van der Waals surface area contributed by atoms with E-state index >= 15 is 0 Å². The van der Waals surface area contributed by atoms with Crippen LogP contribution in [0.15, 0.2) is 48.6 Å². The van der Waals surface area contributed by atoms with Crippen molar-refractivity contribution in [3.63, 3.8) is 0 Å². The maximum atomic E-state index is 13.3. The summed E-state index contributed by atoms with van der Waals surface area (Å²) < 4.78 is 13.3. The first-order chi connectivity index (χ1) is 9.36. The van der Waals surface area contributed by atoms with Gasteiger partial charge >= 0.3 is 0 Å². The van der Waals surface area contributed by atoms with Crippen LogP contribution >= 0.6 is 0 Å². The number of allylic oxidation sites excluding steroid dienone is 4. The Bertz CT molecular complexity index is 524. The average Bonchev–Trinajstić information content (AvgIpc) is 2.40. The number of phenols is 1. The summed E-state index contributed by atoms with van der Waals surface area (Å²) in [5, 5.41) is 9.16. The fraction of sp³-hybridized carbons (Fsp3) is 0.333. The van der Waals surface area contributed by atoms with Gasteiger partial charge < -0.3 is 5.11 Å². The summed E-state index contributed by atoms with van der Waals surface area (Å²) in [6.45, 7) is 10.2. The highest BCUT2D eigenvalue weighted by atomic mass is 19.1. The molecule has 0 spiro atoms. The van der Waals surface area contributed by atoms with Gasteiger partial charge in [-0.2, -0.15) is 0 Å². The Morgan fingerprint density at radius 1 is 1.40 bits per heavy atom. The van der Waals surface area contributed by atoms with Crippen LogP contribution in [0, 0.1) is 11.2 Å². The first-order valence-electron chi connectivity index (χ1n) is 6.81. The maximum absolute atomic E-state index is 13.3. The molecule has 0 amide bonds. The second-order valence-corrected chi connectivity index (χ2v) is 5.57. The highest BCUT2D eigenvalue weighted by Crippen LogP contribution is 2.28. The van der Waals surface area contributed by atoms with Crippen molar-refractivity contribution in [2.24, 2.45) is 5.41 Å². The largest absolute Gasteiger partial charge is 0.505 e. The molecule has 1 aromatic carbocycles. The molecule has 1 aromatic rings. The van der Waals surface area contributed by atoms with Crippen LogP contribution in [0.2, 0.25) is 0 Å². The number of rotatable bonds is 6. The van der Waals surface area contributed by atoms with E-state index in [4.69, 9.17) is 5.11 Å². The van der Waals surface area contributed by atoms with Crippen LogP contribution in [-0.4, -0.2) is 5.11 Å². The van der Waals surface area contributed by atoms with E-state index in [1.807, 2.05) is 18.2 Å². The zero-order valence-corrected chi connectivity index (χ0v) is 12.5. The van der Waals surface area contributed by atoms with Gasteiger partial charge in [-0.15, -0.1) is 6.58 Å². The van der Waals surface area contributed by atoms with Crippen molar-refractivity contribution in [3.05, 3.63) is 60.0 Å². The van der Waals surface area contributed by atoms with Gasteiger partial charge in [-0.05, 0) is 44.4 Å². The molecule has 1 rings (SSSR count). The van der Waals surface area contributed by atoms with Crippen molar-refractivity contribution in [2.75, 3.05) is 0 Å². The van der Waals surface area contributed by atoms with Crippen LogP contribution in [0.5, 0.6) is 5.75 Å². The average molecular weight is 274 g/mol. The molecule has 0 saturated carbocycles. The fourth-order valence-corrected chi connectivity index (χ4v) is 1.84. The molecule has 0 aliphatic rings. The molecule has 1 N–H and O–H groups in total. The lowest BCUT2D eigenvalue weighted by molar-refractivity contribution is 0.432. The Balaban J connectivity index is 2.80. The van der Waals surface area contributed by atoms with Gasteiger partial charge in [0.15, 0.2) is 11.6 Å². The van der Waals surface area contributed by atoms with Crippen molar-refractivity contribution in [2.45, 2.75) is 33.6 Å². The van der Waals surface area contributed by atoms with Gasteiger partial charge in [0.2, 0.25) is 0 Å². The Labute approximate surface area is 121 Å². The quantitative estimate of drug-likeness (QED) is 0.681. The zero-order valence-electron chi connectivity index (χ0n) is 12.5. The molecule has 0 radical (unpaired) electrons. The smallest absolute Gasteiger partial charge is 0.165 e. The summed E-state index contributed by atoms with van der Waals surface area (Å²) in [6.07, 6.45) is 9.96. The monoisotopic (exact) mass is 274 g/mol. The lowest BCUT2D eigenvalue weighted by Gasteiger charge is -2.20. The van der Waals surface area contributed by atoms with E-state index in [1.54, 1.807) is 6.07 Å². The molecule has 20 heavy (non-hydrogen) atoms. The SMILES string of the molecule is C=C[C@@](C)(/C=C/c1ccc(O)c(F)c1)CCC=C(C)C. The molecule has 0 saturated heterocycles. The minimum Gasteiger partial charge on any atom is -0.505 e. The topological polar surface area (TPSA) is 20.2 Å². The number of hydrogen-bond donors (Lipinski definition) is 1. The van der Waals surface area contributed by atoms with Gasteiger partial charge in [0, 0.05) is 5.41 Å². The molecule has 0 aromatic heterocycles. The van der Waals surface area contributed by atoms with Crippen LogP contribution in [-0.2, 0) is 0 Å². The third kappa shape index (κ3) is 5.04.